The predicted octanol–water partition coefficient (Wildman–Crippen LogP) is 1.85. The molecule has 3 nitrogen and oxygen atoms in total. The molecule has 0 spiro atoms. The van der Waals surface area contributed by atoms with E-state index in [0.29, 0.717) is 5.56 Å². The monoisotopic (exact) mass is 202 g/mol. The van der Waals surface area contributed by atoms with Crippen molar-refractivity contribution in [1.82, 2.24) is 4.98 Å². The molecule has 0 saturated heterocycles. The lowest BCUT2D eigenvalue weighted by atomic mass is 10.1. The lowest BCUT2D eigenvalue weighted by molar-refractivity contribution is 0.627. The fourth-order valence-corrected chi connectivity index (χ4v) is 1.45. The summed E-state index contributed by atoms with van der Waals surface area (Å²) in [6.07, 6.45) is 1.23. The van der Waals surface area contributed by atoms with E-state index < -0.39 is 11.2 Å². The Morgan fingerprint density at radius 3 is 2.87 bits per heavy atom. The largest absolute Gasteiger partial charge is 0.357 e. The normalized spacial score (nSPS) is 10.2. The number of nitriles is 1. The van der Waals surface area contributed by atoms with Gasteiger partial charge in [0.2, 0.25) is 5.43 Å². The first kappa shape index (κ1) is 9.41. The van der Waals surface area contributed by atoms with Crippen LogP contribution in [0.1, 0.15) is 11.1 Å². The first-order chi connectivity index (χ1) is 7.15. The number of aromatic amines is 1. The summed E-state index contributed by atoms with van der Waals surface area (Å²) < 4.78 is 13.6. The van der Waals surface area contributed by atoms with Crippen LogP contribution in [0.15, 0.2) is 23.1 Å². The Morgan fingerprint density at radius 1 is 1.47 bits per heavy atom. The number of nitrogens with zero attached hydrogens (tertiary/aromatic N) is 1. The van der Waals surface area contributed by atoms with E-state index in [2.05, 4.69) is 4.98 Å². The molecule has 0 radical (unpaired) electrons. The van der Waals surface area contributed by atoms with E-state index in [-0.39, 0.29) is 16.5 Å². The van der Waals surface area contributed by atoms with Crippen molar-refractivity contribution in [1.29, 1.82) is 5.26 Å². The van der Waals surface area contributed by atoms with Crippen LogP contribution in [0.5, 0.6) is 0 Å². The van der Waals surface area contributed by atoms with Gasteiger partial charge in [0.05, 0.1) is 5.52 Å². The summed E-state index contributed by atoms with van der Waals surface area (Å²) in [5.41, 5.74) is 0.165. The van der Waals surface area contributed by atoms with Crippen LogP contribution >= 0.6 is 0 Å². The topological polar surface area (TPSA) is 56.6 Å². The van der Waals surface area contributed by atoms with Crippen LogP contribution in [0.25, 0.3) is 10.9 Å². The van der Waals surface area contributed by atoms with Crippen molar-refractivity contribution < 1.29 is 4.39 Å². The number of pyridine rings is 1. The maximum Gasteiger partial charge on any atom is 0.207 e. The number of halogens is 1. The minimum atomic E-state index is -0.450. The van der Waals surface area contributed by atoms with Gasteiger partial charge in [-0.25, -0.2) is 4.39 Å². The van der Waals surface area contributed by atoms with E-state index in [4.69, 9.17) is 5.26 Å². The van der Waals surface area contributed by atoms with Crippen molar-refractivity contribution in [2.24, 2.45) is 0 Å². The number of hydrogen-bond acceptors (Lipinski definition) is 2. The second kappa shape index (κ2) is 3.21. The second-order valence-corrected chi connectivity index (χ2v) is 3.26. The quantitative estimate of drug-likeness (QED) is 0.708. The Bertz CT molecular complexity index is 637. The molecule has 0 amide bonds. The standard InChI is InChI=1S/C11H7FN2O/c1-6-2-3-8-10(9(6)12)14-5-7(4-13)11(8)15/h2-3,5H,1H3,(H,14,15). The van der Waals surface area contributed by atoms with E-state index in [1.165, 1.54) is 18.3 Å². The Balaban J connectivity index is 3.00. The average molecular weight is 202 g/mol. The van der Waals surface area contributed by atoms with E-state index in [1.54, 1.807) is 13.0 Å². The second-order valence-electron chi connectivity index (χ2n) is 3.26. The van der Waals surface area contributed by atoms with Gasteiger partial charge in [-0.15, -0.1) is 0 Å². The summed E-state index contributed by atoms with van der Waals surface area (Å²) in [6.45, 7) is 1.62. The molecule has 0 aliphatic rings. The lowest BCUT2D eigenvalue weighted by Crippen LogP contribution is -2.08. The van der Waals surface area contributed by atoms with Crippen LogP contribution in [-0.2, 0) is 0 Å². The summed E-state index contributed by atoms with van der Waals surface area (Å²) in [5.74, 6) is -0.450. The molecule has 0 fully saturated rings. The van der Waals surface area contributed by atoms with E-state index in [0.717, 1.165) is 0 Å². The summed E-state index contributed by atoms with van der Waals surface area (Å²) in [5, 5.41) is 8.84. The highest BCUT2D eigenvalue weighted by atomic mass is 19.1. The van der Waals surface area contributed by atoms with Gasteiger partial charge < -0.3 is 4.98 Å². The molecule has 1 aromatic carbocycles. The molecular weight excluding hydrogens is 195 g/mol. The lowest BCUT2D eigenvalue weighted by Gasteiger charge is -2.01. The van der Waals surface area contributed by atoms with Crippen LogP contribution < -0.4 is 5.43 Å². The number of nitrogens with one attached hydrogen (secondary N) is 1. The van der Waals surface area contributed by atoms with Gasteiger partial charge in [-0.1, -0.05) is 6.07 Å². The number of aryl methyl sites for hydroxylation is 1. The van der Waals surface area contributed by atoms with Gasteiger partial charge in [-0.05, 0) is 18.6 Å². The zero-order valence-corrected chi connectivity index (χ0v) is 7.97. The Hall–Kier alpha value is -2.15. The molecule has 0 saturated carbocycles. The summed E-state index contributed by atoms with van der Waals surface area (Å²) >= 11 is 0. The van der Waals surface area contributed by atoms with Crippen LogP contribution in [0.4, 0.5) is 4.39 Å². The third-order valence-corrected chi connectivity index (χ3v) is 2.31. The predicted molar refractivity (Wildman–Crippen MR) is 54.0 cm³/mol. The molecule has 0 aliphatic heterocycles. The molecule has 1 heterocycles. The Morgan fingerprint density at radius 2 is 2.20 bits per heavy atom. The van der Waals surface area contributed by atoms with Gasteiger partial charge in [0, 0.05) is 11.6 Å². The van der Waals surface area contributed by atoms with Gasteiger partial charge in [0.25, 0.3) is 0 Å². The van der Waals surface area contributed by atoms with Gasteiger partial charge in [0.1, 0.15) is 17.4 Å². The highest BCUT2D eigenvalue weighted by Crippen LogP contribution is 2.15. The molecule has 15 heavy (non-hydrogen) atoms. The third kappa shape index (κ3) is 1.29. The number of aromatic nitrogens is 1. The highest BCUT2D eigenvalue weighted by molar-refractivity contribution is 5.80. The zero-order valence-electron chi connectivity index (χ0n) is 7.97. The first-order valence-corrected chi connectivity index (χ1v) is 4.35. The first-order valence-electron chi connectivity index (χ1n) is 4.35. The molecule has 0 unspecified atom stereocenters. The third-order valence-electron chi connectivity index (χ3n) is 2.31. The van der Waals surface area contributed by atoms with Crippen molar-refractivity contribution >= 4 is 10.9 Å². The fourth-order valence-electron chi connectivity index (χ4n) is 1.45. The van der Waals surface area contributed by atoms with E-state index in [1.807, 2.05) is 0 Å². The molecule has 74 valence electrons. The van der Waals surface area contributed by atoms with Crippen LogP contribution in [0.3, 0.4) is 0 Å². The summed E-state index contributed by atoms with van der Waals surface area (Å²) in [6, 6.07) is 4.80. The van der Waals surface area contributed by atoms with Gasteiger partial charge >= 0.3 is 0 Å². The Kier molecular flexibility index (Phi) is 2.01. The molecule has 0 bridgehead atoms. The number of rotatable bonds is 0. The summed E-state index contributed by atoms with van der Waals surface area (Å²) in [4.78, 5) is 14.2. The van der Waals surface area contributed by atoms with Crippen molar-refractivity contribution in [2.75, 3.05) is 0 Å². The maximum absolute atomic E-state index is 13.6. The number of hydrogen-bond donors (Lipinski definition) is 1. The van der Waals surface area contributed by atoms with Gasteiger partial charge in [-0.2, -0.15) is 5.26 Å². The number of benzene rings is 1. The van der Waals surface area contributed by atoms with Crippen molar-refractivity contribution in [2.45, 2.75) is 6.92 Å². The van der Waals surface area contributed by atoms with Crippen LogP contribution in [0.2, 0.25) is 0 Å². The smallest absolute Gasteiger partial charge is 0.207 e. The van der Waals surface area contributed by atoms with E-state index >= 15 is 0 Å². The molecule has 1 N–H and O–H groups in total. The minimum absolute atomic E-state index is 0.00856. The number of fused-ring (bicyclic) bond motifs is 1. The fraction of sp³-hybridized carbons (Fsp3) is 0.0909. The van der Waals surface area contributed by atoms with E-state index in [9.17, 15) is 9.18 Å². The van der Waals surface area contributed by atoms with Crippen LogP contribution in [-0.4, -0.2) is 4.98 Å². The Labute approximate surface area is 84.8 Å². The van der Waals surface area contributed by atoms with Crippen LogP contribution in [0, 0.1) is 24.1 Å². The van der Waals surface area contributed by atoms with Crippen molar-refractivity contribution in [3.63, 3.8) is 0 Å². The molecule has 4 heteroatoms. The molecule has 0 aliphatic carbocycles. The number of H-pyrrole nitrogens is 1. The summed E-state index contributed by atoms with van der Waals surface area (Å²) in [7, 11) is 0. The molecule has 2 aromatic rings. The zero-order chi connectivity index (χ0) is 11.0. The van der Waals surface area contributed by atoms with Gasteiger partial charge in [-0.3, -0.25) is 4.79 Å². The SMILES string of the molecule is Cc1ccc2c(=O)c(C#N)c[nH]c2c1F. The molecular formula is C11H7FN2O. The average Bonchev–Trinajstić information content (AvgIpc) is 2.24. The minimum Gasteiger partial charge on any atom is -0.357 e. The molecule has 1 aromatic heterocycles. The highest BCUT2D eigenvalue weighted by Gasteiger charge is 2.09. The van der Waals surface area contributed by atoms with Gasteiger partial charge in [0.15, 0.2) is 0 Å². The maximum atomic E-state index is 13.6. The van der Waals surface area contributed by atoms with Crippen molar-refractivity contribution in [3.05, 3.63) is 45.5 Å². The molecule has 2 rings (SSSR count). The van der Waals surface area contributed by atoms with Crippen molar-refractivity contribution in [3.8, 4) is 6.07 Å². The molecule has 0 atom stereocenters.